The molecule has 2 heteroatoms. The summed E-state index contributed by atoms with van der Waals surface area (Å²) in [6.45, 7) is 2.11. The molecule has 25 heavy (non-hydrogen) atoms. The van der Waals surface area contributed by atoms with E-state index in [1.807, 2.05) is 11.3 Å². The van der Waals surface area contributed by atoms with Gasteiger partial charge in [0, 0.05) is 31.5 Å². The third kappa shape index (κ3) is 2.46. The molecule has 0 fully saturated rings. The highest BCUT2D eigenvalue weighted by atomic mass is 32.1. The fourth-order valence-corrected chi connectivity index (χ4v) is 4.53. The van der Waals surface area contributed by atoms with E-state index in [2.05, 4.69) is 91.1 Å². The van der Waals surface area contributed by atoms with Crippen LogP contribution in [0.3, 0.4) is 0 Å². The van der Waals surface area contributed by atoms with Gasteiger partial charge in [-0.05, 0) is 54.1 Å². The van der Waals surface area contributed by atoms with Gasteiger partial charge in [-0.25, -0.2) is 0 Å². The SMILES string of the molecule is Cc1ccc(Nc2ccc3sc4ccc5ccccc5c4c3c2)cc1. The van der Waals surface area contributed by atoms with Gasteiger partial charge in [-0.3, -0.25) is 0 Å². The molecule has 0 saturated carbocycles. The minimum Gasteiger partial charge on any atom is -0.356 e. The number of anilines is 2. The van der Waals surface area contributed by atoms with Gasteiger partial charge >= 0.3 is 0 Å². The molecule has 0 bridgehead atoms. The Bertz CT molecular complexity index is 1220. The number of benzene rings is 4. The van der Waals surface area contributed by atoms with Crippen molar-refractivity contribution in [2.24, 2.45) is 0 Å². The summed E-state index contributed by atoms with van der Waals surface area (Å²) in [6, 6.07) is 28.3. The Morgan fingerprint density at radius 3 is 2.32 bits per heavy atom. The van der Waals surface area contributed by atoms with Crippen molar-refractivity contribution in [1.29, 1.82) is 0 Å². The molecule has 0 radical (unpaired) electrons. The first-order valence-corrected chi connectivity index (χ1v) is 9.27. The number of hydrogen-bond donors (Lipinski definition) is 1. The lowest BCUT2D eigenvalue weighted by atomic mass is 10.0. The van der Waals surface area contributed by atoms with Gasteiger partial charge in [0.2, 0.25) is 0 Å². The van der Waals surface area contributed by atoms with Gasteiger partial charge in [0.25, 0.3) is 0 Å². The van der Waals surface area contributed by atoms with Crippen molar-refractivity contribution in [2.45, 2.75) is 6.92 Å². The van der Waals surface area contributed by atoms with Crippen LogP contribution in [-0.4, -0.2) is 0 Å². The lowest BCUT2D eigenvalue weighted by molar-refractivity contribution is 1.46. The van der Waals surface area contributed by atoms with E-state index in [0.717, 1.165) is 11.4 Å². The van der Waals surface area contributed by atoms with Crippen LogP contribution in [0.1, 0.15) is 5.56 Å². The maximum Gasteiger partial charge on any atom is 0.0391 e. The highest BCUT2D eigenvalue weighted by molar-refractivity contribution is 7.26. The predicted octanol–water partition coefficient (Wildman–Crippen LogP) is 7.26. The Morgan fingerprint density at radius 1 is 0.680 bits per heavy atom. The van der Waals surface area contributed by atoms with Gasteiger partial charge < -0.3 is 5.32 Å². The van der Waals surface area contributed by atoms with Crippen molar-refractivity contribution >= 4 is 53.7 Å². The molecule has 0 aliphatic carbocycles. The van der Waals surface area contributed by atoms with E-state index in [1.165, 1.54) is 36.5 Å². The van der Waals surface area contributed by atoms with Gasteiger partial charge in [0.05, 0.1) is 0 Å². The summed E-state index contributed by atoms with van der Waals surface area (Å²) in [5, 5.41) is 8.85. The van der Waals surface area contributed by atoms with Crippen LogP contribution in [0.25, 0.3) is 30.9 Å². The zero-order chi connectivity index (χ0) is 16.8. The molecule has 1 nitrogen and oxygen atoms in total. The van der Waals surface area contributed by atoms with Gasteiger partial charge in [0.1, 0.15) is 0 Å². The molecule has 1 heterocycles. The van der Waals surface area contributed by atoms with Gasteiger partial charge in [-0.1, -0.05) is 48.0 Å². The third-order valence-corrected chi connectivity index (χ3v) is 5.84. The van der Waals surface area contributed by atoms with Gasteiger partial charge in [-0.2, -0.15) is 0 Å². The lowest BCUT2D eigenvalue weighted by Gasteiger charge is -2.07. The molecule has 120 valence electrons. The molecular weight excluding hydrogens is 322 g/mol. The molecule has 5 aromatic rings. The molecule has 0 saturated heterocycles. The van der Waals surface area contributed by atoms with E-state index in [1.54, 1.807) is 0 Å². The van der Waals surface area contributed by atoms with E-state index in [4.69, 9.17) is 0 Å². The predicted molar refractivity (Wildman–Crippen MR) is 111 cm³/mol. The van der Waals surface area contributed by atoms with Crippen LogP contribution in [0, 0.1) is 6.92 Å². The Kier molecular flexibility index (Phi) is 3.25. The van der Waals surface area contributed by atoms with Crippen LogP contribution in [0.5, 0.6) is 0 Å². The summed E-state index contributed by atoms with van der Waals surface area (Å²) in [5.74, 6) is 0. The van der Waals surface area contributed by atoms with Crippen molar-refractivity contribution in [1.82, 2.24) is 0 Å². The number of fused-ring (bicyclic) bond motifs is 5. The Labute approximate surface area is 150 Å². The van der Waals surface area contributed by atoms with Crippen molar-refractivity contribution in [3.63, 3.8) is 0 Å². The van der Waals surface area contributed by atoms with E-state index in [-0.39, 0.29) is 0 Å². The zero-order valence-corrected chi connectivity index (χ0v) is 14.7. The van der Waals surface area contributed by atoms with Crippen molar-refractivity contribution in [3.8, 4) is 0 Å². The number of aryl methyl sites for hydroxylation is 1. The average Bonchev–Trinajstić information content (AvgIpc) is 3.02. The largest absolute Gasteiger partial charge is 0.356 e. The van der Waals surface area contributed by atoms with E-state index < -0.39 is 0 Å². The van der Waals surface area contributed by atoms with Crippen LogP contribution >= 0.6 is 11.3 Å². The van der Waals surface area contributed by atoms with Gasteiger partial charge in [0.15, 0.2) is 0 Å². The van der Waals surface area contributed by atoms with Crippen molar-refractivity contribution < 1.29 is 0 Å². The summed E-state index contributed by atoms with van der Waals surface area (Å²) in [6.07, 6.45) is 0. The van der Waals surface area contributed by atoms with Crippen LogP contribution in [-0.2, 0) is 0 Å². The normalized spacial score (nSPS) is 11.4. The molecule has 0 aliphatic heterocycles. The van der Waals surface area contributed by atoms with Crippen LogP contribution in [0.4, 0.5) is 11.4 Å². The smallest absolute Gasteiger partial charge is 0.0391 e. The number of rotatable bonds is 2. The minimum absolute atomic E-state index is 1.12. The molecule has 0 spiro atoms. The van der Waals surface area contributed by atoms with E-state index in [0.29, 0.717) is 0 Å². The first-order valence-electron chi connectivity index (χ1n) is 8.46. The maximum absolute atomic E-state index is 3.53. The first kappa shape index (κ1) is 14.5. The molecule has 5 rings (SSSR count). The van der Waals surface area contributed by atoms with E-state index >= 15 is 0 Å². The Hall–Kier alpha value is -2.84. The molecule has 0 amide bonds. The first-order chi connectivity index (χ1) is 12.3. The maximum atomic E-state index is 3.53. The van der Waals surface area contributed by atoms with E-state index in [9.17, 15) is 0 Å². The molecule has 4 aromatic carbocycles. The highest BCUT2D eigenvalue weighted by Crippen LogP contribution is 2.39. The minimum atomic E-state index is 1.12. The highest BCUT2D eigenvalue weighted by Gasteiger charge is 2.09. The van der Waals surface area contributed by atoms with Crippen molar-refractivity contribution in [2.75, 3.05) is 5.32 Å². The molecule has 0 atom stereocenters. The van der Waals surface area contributed by atoms with Crippen LogP contribution in [0.15, 0.2) is 78.9 Å². The molecular formula is C23H17NS. The molecule has 0 unspecified atom stereocenters. The topological polar surface area (TPSA) is 12.0 Å². The van der Waals surface area contributed by atoms with Gasteiger partial charge in [-0.15, -0.1) is 11.3 Å². The second kappa shape index (κ2) is 5.61. The number of thiophene rings is 1. The quantitative estimate of drug-likeness (QED) is 0.357. The third-order valence-electron chi connectivity index (χ3n) is 4.70. The second-order valence-electron chi connectivity index (χ2n) is 6.46. The standard InChI is InChI=1S/C23H17NS/c1-15-6-9-17(10-7-15)24-18-11-13-21-20(14-18)23-19-5-3-2-4-16(19)8-12-22(23)25-21/h2-14,24H,1H3. The zero-order valence-electron chi connectivity index (χ0n) is 13.9. The number of hydrogen-bond acceptors (Lipinski definition) is 2. The van der Waals surface area contributed by atoms with Crippen LogP contribution in [0.2, 0.25) is 0 Å². The summed E-state index contributed by atoms with van der Waals surface area (Å²) in [5.41, 5.74) is 3.52. The molecule has 1 N–H and O–H groups in total. The summed E-state index contributed by atoms with van der Waals surface area (Å²) in [4.78, 5) is 0. The number of nitrogens with one attached hydrogen (secondary N) is 1. The fraction of sp³-hybridized carbons (Fsp3) is 0.0435. The Morgan fingerprint density at radius 2 is 1.44 bits per heavy atom. The molecule has 0 aliphatic rings. The fourth-order valence-electron chi connectivity index (χ4n) is 3.43. The summed E-state index contributed by atoms with van der Waals surface area (Å²) >= 11 is 1.87. The van der Waals surface area contributed by atoms with Crippen molar-refractivity contribution in [3.05, 3.63) is 84.4 Å². The second-order valence-corrected chi connectivity index (χ2v) is 7.55. The summed E-state index contributed by atoms with van der Waals surface area (Å²) < 4.78 is 2.68. The average molecular weight is 339 g/mol. The molecule has 1 aromatic heterocycles. The van der Waals surface area contributed by atoms with Crippen LogP contribution < -0.4 is 5.32 Å². The monoisotopic (exact) mass is 339 g/mol. The Balaban J connectivity index is 1.71. The lowest BCUT2D eigenvalue weighted by Crippen LogP contribution is -1.89. The summed E-state index contributed by atoms with van der Waals surface area (Å²) in [7, 11) is 0.